The molecule has 5 nitrogen and oxygen atoms in total. The van der Waals surface area contributed by atoms with E-state index < -0.39 is 23.3 Å². The Hall–Kier alpha value is -2.44. The van der Waals surface area contributed by atoms with E-state index in [1.165, 1.54) is 29.2 Å². The fourth-order valence-corrected chi connectivity index (χ4v) is 3.85. The number of aliphatic hydroxyl groups excluding tert-OH is 1. The number of carboxylic acids is 1. The number of hydrogen-bond acceptors (Lipinski definition) is 3. The standard InChI is InChI=1S/C21H21ClFNO4/c1-13-2-7-17(22)16(10-13)19(26)24-9-8-18(25)21(12-24,20(27)28)11-14-3-5-15(23)6-4-14/h2-7,10,18,25H,8-9,11-12H2,1H3,(H,27,28)/t18-,21-/m1/s1. The third-order valence-corrected chi connectivity index (χ3v) is 5.61. The van der Waals surface area contributed by atoms with Gasteiger partial charge in [0.1, 0.15) is 11.2 Å². The Morgan fingerprint density at radius 1 is 1.25 bits per heavy atom. The maximum atomic E-state index is 13.2. The third kappa shape index (κ3) is 3.88. The van der Waals surface area contributed by atoms with Crippen molar-refractivity contribution in [2.75, 3.05) is 13.1 Å². The van der Waals surface area contributed by atoms with Crippen molar-refractivity contribution in [1.82, 2.24) is 4.90 Å². The highest BCUT2D eigenvalue weighted by molar-refractivity contribution is 6.33. The minimum absolute atomic E-state index is 0.0187. The molecule has 0 bridgehead atoms. The molecule has 2 aromatic rings. The predicted molar refractivity (Wildman–Crippen MR) is 103 cm³/mol. The largest absolute Gasteiger partial charge is 0.481 e. The van der Waals surface area contributed by atoms with Crippen LogP contribution in [0.2, 0.25) is 5.02 Å². The van der Waals surface area contributed by atoms with Crippen molar-refractivity contribution >= 4 is 23.5 Å². The van der Waals surface area contributed by atoms with E-state index in [2.05, 4.69) is 0 Å². The third-order valence-electron chi connectivity index (χ3n) is 5.28. The number of aliphatic carboxylic acids is 1. The highest BCUT2D eigenvalue weighted by Crippen LogP contribution is 2.36. The minimum Gasteiger partial charge on any atom is -0.481 e. The number of carbonyl (C=O) groups excluding carboxylic acids is 1. The topological polar surface area (TPSA) is 77.8 Å². The van der Waals surface area contributed by atoms with Gasteiger partial charge in [-0.15, -0.1) is 0 Å². The summed E-state index contributed by atoms with van der Waals surface area (Å²) in [5.41, 5.74) is 0.160. The first-order chi connectivity index (χ1) is 13.2. The molecule has 0 spiro atoms. The molecule has 2 aromatic carbocycles. The Morgan fingerprint density at radius 2 is 1.93 bits per heavy atom. The fraction of sp³-hybridized carbons (Fsp3) is 0.333. The number of halogens is 2. The molecule has 1 saturated heterocycles. The lowest BCUT2D eigenvalue weighted by Gasteiger charge is -2.43. The van der Waals surface area contributed by atoms with E-state index in [0.29, 0.717) is 16.1 Å². The van der Waals surface area contributed by atoms with Gasteiger partial charge in [-0.25, -0.2) is 4.39 Å². The van der Waals surface area contributed by atoms with Crippen LogP contribution in [0, 0.1) is 18.2 Å². The van der Waals surface area contributed by atoms with E-state index in [1.54, 1.807) is 18.2 Å². The molecule has 0 aromatic heterocycles. The van der Waals surface area contributed by atoms with Gasteiger partial charge in [0.2, 0.25) is 0 Å². The van der Waals surface area contributed by atoms with Crippen LogP contribution in [0.3, 0.4) is 0 Å². The molecule has 2 N–H and O–H groups in total. The smallest absolute Gasteiger partial charge is 0.314 e. The molecule has 0 saturated carbocycles. The van der Waals surface area contributed by atoms with E-state index in [0.717, 1.165) is 5.56 Å². The van der Waals surface area contributed by atoms with E-state index in [-0.39, 0.29) is 31.8 Å². The molecule has 3 rings (SSSR count). The summed E-state index contributed by atoms with van der Waals surface area (Å²) in [5.74, 6) is -1.99. The average molecular weight is 406 g/mol. The van der Waals surface area contributed by atoms with Gasteiger partial charge in [0.25, 0.3) is 5.91 Å². The van der Waals surface area contributed by atoms with Crippen LogP contribution < -0.4 is 0 Å². The maximum absolute atomic E-state index is 13.2. The molecule has 28 heavy (non-hydrogen) atoms. The van der Waals surface area contributed by atoms with Crippen molar-refractivity contribution < 1.29 is 24.2 Å². The molecular formula is C21H21ClFNO4. The number of likely N-dealkylation sites (tertiary alicyclic amines) is 1. The van der Waals surface area contributed by atoms with Crippen molar-refractivity contribution in [2.24, 2.45) is 5.41 Å². The molecule has 1 fully saturated rings. The van der Waals surface area contributed by atoms with Gasteiger partial charge in [-0.3, -0.25) is 9.59 Å². The maximum Gasteiger partial charge on any atom is 0.314 e. The van der Waals surface area contributed by atoms with Crippen molar-refractivity contribution in [3.8, 4) is 0 Å². The van der Waals surface area contributed by atoms with Crippen LogP contribution in [0.5, 0.6) is 0 Å². The summed E-state index contributed by atoms with van der Waals surface area (Å²) in [4.78, 5) is 26.6. The summed E-state index contributed by atoms with van der Waals surface area (Å²) < 4.78 is 13.2. The molecule has 148 valence electrons. The summed E-state index contributed by atoms with van der Waals surface area (Å²) in [6, 6.07) is 10.6. The molecule has 1 heterocycles. The summed E-state index contributed by atoms with van der Waals surface area (Å²) in [5, 5.41) is 20.8. The lowest BCUT2D eigenvalue weighted by Crippen LogP contribution is -2.58. The lowest BCUT2D eigenvalue weighted by molar-refractivity contribution is -0.161. The van der Waals surface area contributed by atoms with Crippen LogP contribution in [0.4, 0.5) is 4.39 Å². The first-order valence-electron chi connectivity index (χ1n) is 8.94. The molecule has 1 amide bonds. The molecular weight excluding hydrogens is 385 g/mol. The Bertz CT molecular complexity index is 902. The number of rotatable bonds is 4. The predicted octanol–water partition coefficient (Wildman–Crippen LogP) is 3.31. The number of nitrogens with zero attached hydrogens (tertiary/aromatic N) is 1. The van der Waals surface area contributed by atoms with Crippen LogP contribution in [0.25, 0.3) is 0 Å². The highest BCUT2D eigenvalue weighted by Gasteiger charge is 2.50. The SMILES string of the molecule is Cc1ccc(Cl)c(C(=O)N2CC[C@@H](O)[C@](Cc3ccc(F)cc3)(C(=O)O)C2)c1. The average Bonchev–Trinajstić information content (AvgIpc) is 2.66. The van der Waals surface area contributed by atoms with Crippen LogP contribution in [-0.4, -0.2) is 46.2 Å². The second-order valence-corrected chi connectivity index (χ2v) is 7.69. The number of hydrogen-bond donors (Lipinski definition) is 2. The highest BCUT2D eigenvalue weighted by atomic mass is 35.5. The number of aliphatic hydroxyl groups is 1. The van der Waals surface area contributed by atoms with Gasteiger partial charge in [0, 0.05) is 13.1 Å². The number of benzene rings is 2. The minimum atomic E-state index is -1.58. The number of carboxylic acid groups (broad SMARTS) is 1. The Morgan fingerprint density at radius 3 is 2.57 bits per heavy atom. The van der Waals surface area contributed by atoms with Gasteiger partial charge in [-0.1, -0.05) is 35.4 Å². The van der Waals surface area contributed by atoms with Crippen molar-refractivity contribution in [2.45, 2.75) is 25.9 Å². The monoisotopic (exact) mass is 405 g/mol. The zero-order chi connectivity index (χ0) is 20.5. The lowest BCUT2D eigenvalue weighted by atomic mass is 9.72. The van der Waals surface area contributed by atoms with Crippen molar-refractivity contribution in [3.05, 3.63) is 70.0 Å². The van der Waals surface area contributed by atoms with Gasteiger partial charge in [-0.05, 0) is 49.6 Å². The Kier molecular flexibility index (Phi) is 5.72. The summed E-state index contributed by atoms with van der Waals surface area (Å²) in [7, 11) is 0. The Balaban J connectivity index is 1.92. The number of piperidine rings is 1. The van der Waals surface area contributed by atoms with Gasteiger partial charge in [0.15, 0.2) is 0 Å². The van der Waals surface area contributed by atoms with E-state index >= 15 is 0 Å². The molecule has 0 unspecified atom stereocenters. The van der Waals surface area contributed by atoms with Gasteiger partial charge < -0.3 is 15.1 Å². The number of aryl methyl sites for hydroxylation is 1. The first-order valence-corrected chi connectivity index (χ1v) is 9.32. The van der Waals surface area contributed by atoms with Crippen molar-refractivity contribution in [3.63, 3.8) is 0 Å². The zero-order valence-electron chi connectivity index (χ0n) is 15.4. The van der Waals surface area contributed by atoms with E-state index in [4.69, 9.17) is 11.6 Å². The second-order valence-electron chi connectivity index (χ2n) is 7.28. The first kappa shape index (κ1) is 20.3. The van der Waals surface area contributed by atoms with Crippen LogP contribution in [0.1, 0.15) is 27.9 Å². The normalized spacial score (nSPS) is 22.1. The van der Waals surface area contributed by atoms with Gasteiger partial charge >= 0.3 is 5.97 Å². The molecule has 2 atom stereocenters. The second kappa shape index (κ2) is 7.89. The number of carbonyl (C=O) groups is 2. The Labute approximate surface area is 167 Å². The van der Waals surface area contributed by atoms with Crippen LogP contribution >= 0.6 is 11.6 Å². The zero-order valence-corrected chi connectivity index (χ0v) is 16.1. The van der Waals surface area contributed by atoms with Crippen LogP contribution in [-0.2, 0) is 11.2 Å². The van der Waals surface area contributed by atoms with Gasteiger partial charge in [-0.2, -0.15) is 0 Å². The molecule has 1 aliphatic heterocycles. The van der Waals surface area contributed by atoms with Crippen LogP contribution in [0.15, 0.2) is 42.5 Å². The summed E-state index contributed by atoms with van der Waals surface area (Å²) in [6.45, 7) is 1.90. The quantitative estimate of drug-likeness (QED) is 0.818. The molecule has 0 aliphatic carbocycles. The van der Waals surface area contributed by atoms with Gasteiger partial charge in [0.05, 0.1) is 16.7 Å². The molecule has 1 aliphatic rings. The van der Waals surface area contributed by atoms with Crippen molar-refractivity contribution in [1.29, 1.82) is 0 Å². The fourth-order valence-electron chi connectivity index (χ4n) is 3.65. The van der Waals surface area contributed by atoms with E-state index in [1.807, 2.05) is 6.92 Å². The molecule has 0 radical (unpaired) electrons. The summed E-state index contributed by atoms with van der Waals surface area (Å²) >= 11 is 6.17. The molecule has 7 heteroatoms. The summed E-state index contributed by atoms with van der Waals surface area (Å²) in [6.07, 6.45) is -1.02. The number of amides is 1. The van der Waals surface area contributed by atoms with E-state index in [9.17, 15) is 24.2 Å².